The largest absolute Gasteiger partial charge is 0.492 e. The quantitative estimate of drug-likeness (QED) is 0.758. The minimum absolute atomic E-state index is 0.168. The molecule has 1 N–H and O–H groups in total. The smallest absolute Gasteiger partial charge is 0.304 e. The van der Waals surface area contributed by atoms with Crippen LogP contribution in [0.3, 0.4) is 0 Å². The molecule has 0 unspecified atom stereocenters. The average Bonchev–Trinajstić information content (AvgIpc) is 2.38. The minimum Gasteiger partial charge on any atom is -0.492 e. The molecule has 0 aliphatic rings. The van der Waals surface area contributed by atoms with Gasteiger partial charge in [0.25, 0.3) is 0 Å². The first kappa shape index (κ1) is 15.8. The Kier molecular flexibility index (Phi) is 7.30. The molecular weight excluding hydrogens is 266 g/mol. The summed E-state index contributed by atoms with van der Waals surface area (Å²) >= 11 is 5.79. The lowest BCUT2D eigenvalue weighted by molar-refractivity contribution is -0.137. The number of carbonyl (C=O) groups is 1. The van der Waals surface area contributed by atoms with Gasteiger partial charge in [0.2, 0.25) is 0 Å². The predicted molar refractivity (Wildman–Crippen MR) is 75.9 cm³/mol. The summed E-state index contributed by atoms with van der Waals surface area (Å²) in [5.41, 5.74) is 0. The van der Waals surface area contributed by atoms with Crippen LogP contribution in [-0.4, -0.2) is 42.2 Å². The summed E-state index contributed by atoms with van der Waals surface area (Å²) in [5, 5.41) is 9.37. The van der Waals surface area contributed by atoms with E-state index in [1.54, 1.807) is 12.1 Å². The number of carboxylic acids is 1. The van der Waals surface area contributed by atoms with E-state index >= 15 is 0 Å². The predicted octanol–water partition coefficient (Wildman–Crippen LogP) is 2.91. The molecule has 5 heteroatoms. The van der Waals surface area contributed by atoms with Gasteiger partial charge >= 0.3 is 5.97 Å². The lowest BCUT2D eigenvalue weighted by Gasteiger charge is -2.20. The van der Waals surface area contributed by atoms with E-state index in [4.69, 9.17) is 21.4 Å². The molecule has 0 aromatic heterocycles. The van der Waals surface area contributed by atoms with Crippen molar-refractivity contribution in [3.05, 3.63) is 29.3 Å². The molecular formula is C14H20ClNO3. The lowest BCUT2D eigenvalue weighted by Crippen LogP contribution is -2.31. The van der Waals surface area contributed by atoms with Crippen LogP contribution in [0.2, 0.25) is 5.02 Å². The molecule has 19 heavy (non-hydrogen) atoms. The SMILES string of the molecule is CCCN(CCOc1ccc(Cl)cc1)CCC(=O)O. The average molecular weight is 286 g/mol. The second-order valence-electron chi connectivity index (χ2n) is 4.29. The van der Waals surface area contributed by atoms with E-state index in [-0.39, 0.29) is 6.42 Å². The molecule has 0 heterocycles. The maximum Gasteiger partial charge on any atom is 0.304 e. The van der Waals surface area contributed by atoms with Crippen molar-refractivity contribution in [2.45, 2.75) is 19.8 Å². The van der Waals surface area contributed by atoms with Crippen molar-refractivity contribution in [3.8, 4) is 5.75 Å². The Balaban J connectivity index is 2.30. The van der Waals surface area contributed by atoms with Gasteiger partial charge in [0.05, 0.1) is 6.42 Å². The van der Waals surface area contributed by atoms with E-state index in [2.05, 4.69) is 11.8 Å². The standard InChI is InChI=1S/C14H20ClNO3/c1-2-8-16(9-7-14(17)18)10-11-19-13-5-3-12(15)4-6-13/h3-6H,2,7-11H2,1H3,(H,17,18). The first-order valence-electron chi connectivity index (χ1n) is 6.44. The van der Waals surface area contributed by atoms with Gasteiger partial charge in [-0.2, -0.15) is 0 Å². The van der Waals surface area contributed by atoms with Crippen molar-refractivity contribution in [3.63, 3.8) is 0 Å². The van der Waals surface area contributed by atoms with Crippen LogP contribution < -0.4 is 4.74 Å². The summed E-state index contributed by atoms with van der Waals surface area (Å²) in [4.78, 5) is 12.7. The summed E-state index contributed by atoms with van der Waals surface area (Å²) in [6, 6.07) is 7.21. The third-order valence-electron chi connectivity index (χ3n) is 2.67. The first-order valence-corrected chi connectivity index (χ1v) is 6.82. The Morgan fingerprint density at radius 1 is 1.26 bits per heavy atom. The molecule has 1 rings (SSSR count). The van der Waals surface area contributed by atoms with E-state index in [9.17, 15) is 4.79 Å². The zero-order valence-corrected chi connectivity index (χ0v) is 11.9. The number of halogens is 1. The van der Waals surface area contributed by atoms with Crippen molar-refractivity contribution in [2.75, 3.05) is 26.2 Å². The highest BCUT2D eigenvalue weighted by molar-refractivity contribution is 6.30. The van der Waals surface area contributed by atoms with Crippen LogP contribution in [0.1, 0.15) is 19.8 Å². The molecule has 0 aliphatic carbocycles. The van der Waals surface area contributed by atoms with Gasteiger partial charge in [-0.1, -0.05) is 18.5 Å². The van der Waals surface area contributed by atoms with Crippen molar-refractivity contribution < 1.29 is 14.6 Å². The summed E-state index contributed by atoms with van der Waals surface area (Å²) in [5.74, 6) is 0.0128. The monoisotopic (exact) mass is 285 g/mol. The Bertz CT molecular complexity index is 381. The Morgan fingerprint density at radius 3 is 2.53 bits per heavy atom. The Morgan fingerprint density at radius 2 is 1.95 bits per heavy atom. The molecule has 4 nitrogen and oxygen atoms in total. The van der Waals surface area contributed by atoms with E-state index in [0.29, 0.717) is 18.2 Å². The van der Waals surface area contributed by atoms with E-state index < -0.39 is 5.97 Å². The summed E-state index contributed by atoms with van der Waals surface area (Å²) in [6.07, 6.45) is 1.17. The van der Waals surface area contributed by atoms with Crippen LogP contribution in [0.15, 0.2) is 24.3 Å². The highest BCUT2D eigenvalue weighted by Crippen LogP contribution is 2.15. The second-order valence-corrected chi connectivity index (χ2v) is 4.72. The van der Waals surface area contributed by atoms with Crippen molar-refractivity contribution in [1.29, 1.82) is 0 Å². The molecule has 0 spiro atoms. The van der Waals surface area contributed by atoms with E-state index in [1.807, 2.05) is 12.1 Å². The number of carboxylic acid groups (broad SMARTS) is 1. The summed E-state index contributed by atoms with van der Waals surface area (Å²) in [6.45, 7) is 4.79. The van der Waals surface area contributed by atoms with Crippen LogP contribution in [0.5, 0.6) is 5.75 Å². The van der Waals surface area contributed by atoms with Gasteiger partial charge in [0.1, 0.15) is 12.4 Å². The zero-order valence-electron chi connectivity index (χ0n) is 11.1. The topological polar surface area (TPSA) is 49.8 Å². The van der Waals surface area contributed by atoms with Gasteiger partial charge in [-0.05, 0) is 37.2 Å². The maximum absolute atomic E-state index is 10.6. The molecule has 0 radical (unpaired) electrons. The first-order chi connectivity index (χ1) is 9.11. The number of benzene rings is 1. The molecule has 0 bridgehead atoms. The maximum atomic E-state index is 10.6. The molecule has 1 aromatic carbocycles. The fourth-order valence-electron chi connectivity index (χ4n) is 1.73. The lowest BCUT2D eigenvalue weighted by atomic mass is 10.3. The third-order valence-corrected chi connectivity index (χ3v) is 2.92. The molecule has 106 valence electrons. The fraction of sp³-hybridized carbons (Fsp3) is 0.500. The van der Waals surface area contributed by atoms with Gasteiger partial charge in [0.15, 0.2) is 0 Å². The van der Waals surface area contributed by atoms with Crippen molar-refractivity contribution in [1.82, 2.24) is 4.90 Å². The number of aliphatic carboxylic acids is 1. The van der Waals surface area contributed by atoms with E-state index in [0.717, 1.165) is 25.3 Å². The van der Waals surface area contributed by atoms with Gasteiger partial charge in [-0.3, -0.25) is 9.69 Å². The van der Waals surface area contributed by atoms with Gasteiger partial charge in [-0.25, -0.2) is 0 Å². The second kappa shape index (κ2) is 8.77. The van der Waals surface area contributed by atoms with Crippen LogP contribution in [0.25, 0.3) is 0 Å². The van der Waals surface area contributed by atoms with Crippen LogP contribution in [0.4, 0.5) is 0 Å². The van der Waals surface area contributed by atoms with Crippen molar-refractivity contribution in [2.24, 2.45) is 0 Å². The fourth-order valence-corrected chi connectivity index (χ4v) is 1.85. The summed E-state index contributed by atoms with van der Waals surface area (Å²) in [7, 11) is 0. The van der Waals surface area contributed by atoms with Crippen molar-refractivity contribution >= 4 is 17.6 Å². The number of hydrogen-bond acceptors (Lipinski definition) is 3. The van der Waals surface area contributed by atoms with E-state index in [1.165, 1.54) is 0 Å². The number of ether oxygens (including phenoxy) is 1. The number of nitrogens with zero attached hydrogens (tertiary/aromatic N) is 1. The molecule has 0 amide bonds. The third kappa shape index (κ3) is 7.03. The summed E-state index contributed by atoms with van der Waals surface area (Å²) < 4.78 is 5.60. The number of rotatable bonds is 9. The normalized spacial score (nSPS) is 10.7. The molecule has 1 aromatic rings. The molecule has 0 atom stereocenters. The Hall–Kier alpha value is -1.26. The molecule has 0 aliphatic heterocycles. The van der Waals surface area contributed by atoms with Gasteiger partial charge in [-0.15, -0.1) is 0 Å². The zero-order chi connectivity index (χ0) is 14.1. The minimum atomic E-state index is -0.764. The van der Waals surface area contributed by atoms with Crippen LogP contribution >= 0.6 is 11.6 Å². The van der Waals surface area contributed by atoms with Gasteiger partial charge < -0.3 is 9.84 Å². The molecule has 0 fully saturated rings. The van der Waals surface area contributed by atoms with Gasteiger partial charge in [0, 0.05) is 18.1 Å². The van der Waals surface area contributed by atoms with Crippen LogP contribution in [0, 0.1) is 0 Å². The highest BCUT2D eigenvalue weighted by Gasteiger charge is 2.06. The number of hydrogen-bond donors (Lipinski definition) is 1. The highest BCUT2D eigenvalue weighted by atomic mass is 35.5. The molecule has 0 saturated carbocycles. The Labute approximate surface area is 118 Å². The van der Waals surface area contributed by atoms with Crippen LogP contribution in [-0.2, 0) is 4.79 Å². The molecule has 0 saturated heterocycles.